The van der Waals surface area contributed by atoms with Gasteiger partial charge in [0.2, 0.25) is 5.91 Å². The maximum atomic E-state index is 12.2. The van der Waals surface area contributed by atoms with E-state index >= 15 is 0 Å². The van der Waals surface area contributed by atoms with Crippen LogP contribution in [0.5, 0.6) is 0 Å². The summed E-state index contributed by atoms with van der Waals surface area (Å²) < 4.78 is 5.74. The first-order valence-electron chi connectivity index (χ1n) is 7.47. The quantitative estimate of drug-likeness (QED) is 0.738. The highest BCUT2D eigenvalue weighted by molar-refractivity contribution is 9.10. The Morgan fingerprint density at radius 1 is 1.42 bits per heavy atom. The molecule has 0 aliphatic rings. The Morgan fingerprint density at radius 3 is 2.79 bits per heavy atom. The number of hydrogen-bond acceptors (Lipinski definition) is 5. The van der Waals surface area contributed by atoms with Gasteiger partial charge in [-0.05, 0) is 25.5 Å². The number of aromatic nitrogens is 1. The van der Waals surface area contributed by atoms with Crippen LogP contribution in [-0.2, 0) is 20.7 Å². The first kappa shape index (κ1) is 18.6. The van der Waals surface area contributed by atoms with Crippen LogP contribution in [0.4, 0.5) is 0 Å². The van der Waals surface area contributed by atoms with E-state index in [0.717, 1.165) is 15.0 Å². The molecule has 7 heteroatoms. The van der Waals surface area contributed by atoms with Gasteiger partial charge in [0.05, 0.1) is 19.2 Å². The number of carbonyl (C=O) groups is 2. The second-order valence-electron chi connectivity index (χ2n) is 5.56. The number of hydrogen-bond donors (Lipinski definition) is 1. The van der Waals surface area contributed by atoms with Gasteiger partial charge in [-0.2, -0.15) is 0 Å². The summed E-state index contributed by atoms with van der Waals surface area (Å²) >= 11 is 4.92. The zero-order valence-corrected chi connectivity index (χ0v) is 16.2. The van der Waals surface area contributed by atoms with E-state index in [2.05, 4.69) is 26.2 Å². The van der Waals surface area contributed by atoms with Crippen molar-refractivity contribution in [3.63, 3.8) is 0 Å². The minimum atomic E-state index is -1.02. The maximum absolute atomic E-state index is 12.2. The van der Waals surface area contributed by atoms with Crippen molar-refractivity contribution in [1.82, 2.24) is 10.3 Å². The topological polar surface area (TPSA) is 68.3 Å². The van der Waals surface area contributed by atoms with Gasteiger partial charge in [0, 0.05) is 15.4 Å². The summed E-state index contributed by atoms with van der Waals surface area (Å²) in [6.07, 6.45) is 0.572. The van der Waals surface area contributed by atoms with Gasteiger partial charge in [0.15, 0.2) is 0 Å². The zero-order chi connectivity index (χ0) is 17.7. The van der Waals surface area contributed by atoms with Crippen molar-refractivity contribution in [3.8, 4) is 10.6 Å². The molecule has 0 aliphatic carbocycles. The third-order valence-corrected chi connectivity index (χ3v) is 5.16. The number of benzene rings is 1. The van der Waals surface area contributed by atoms with Gasteiger partial charge in [-0.25, -0.2) is 9.78 Å². The molecule has 0 spiro atoms. The van der Waals surface area contributed by atoms with Crippen LogP contribution in [-0.4, -0.2) is 29.5 Å². The molecule has 24 heavy (non-hydrogen) atoms. The molecule has 1 atom stereocenters. The molecule has 2 rings (SSSR count). The molecule has 2 aromatic rings. The Bertz CT molecular complexity index is 747. The maximum Gasteiger partial charge on any atom is 0.331 e. The Kier molecular flexibility index (Phi) is 6.12. The van der Waals surface area contributed by atoms with Crippen LogP contribution < -0.4 is 5.32 Å². The van der Waals surface area contributed by atoms with Crippen molar-refractivity contribution >= 4 is 39.1 Å². The highest BCUT2D eigenvalue weighted by Gasteiger charge is 2.34. The number of esters is 1. The van der Waals surface area contributed by atoms with Crippen molar-refractivity contribution in [2.45, 2.75) is 32.2 Å². The van der Waals surface area contributed by atoms with Crippen molar-refractivity contribution in [2.24, 2.45) is 0 Å². The summed E-state index contributed by atoms with van der Waals surface area (Å²) in [4.78, 5) is 28.6. The molecule has 0 fully saturated rings. The molecule has 1 heterocycles. The molecule has 1 aromatic carbocycles. The fourth-order valence-electron chi connectivity index (χ4n) is 2.17. The van der Waals surface area contributed by atoms with E-state index in [4.69, 9.17) is 4.74 Å². The third-order valence-electron chi connectivity index (χ3n) is 3.72. The number of carbonyl (C=O) groups excluding carboxylic acids is 2. The predicted octanol–water partition coefficient (Wildman–Crippen LogP) is 3.57. The highest BCUT2D eigenvalue weighted by Crippen LogP contribution is 2.26. The molecule has 1 aromatic heterocycles. The van der Waals surface area contributed by atoms with E-state index in [0.29, 0.717) is 12.1 Å². The van der Waals surface area contributed by atoms with Crippen LogP contribution in [0.15, 0.2) is 34.1 Å². The number of thiazole rings is 1. The average molecular weight is 411 g/mol. The van der Waals surface area contributed by atoms with Crippen molar-refractivity contribution < 1.29 is 14.3 Å². The highest BCUT2D eigenvalue weighted by atomic mass is 79.9. The summed E-state index contributed by atoms with van der Waals surface area (Å²) in [5, 5.41) is 5.45. The monoisotopic (exact) mass is 410 g/mol. The molecular formula is C17H19BrN2O3S. The zero-order valence-electron chi connectivity index (χ0n) is 13.8. The number of rotatable bonds is 6. The van der Waals surface area contributed by atoms with Gasteiger partial charge in [-0.1, -0.05) is 35.0 Å². The SMILES string of the molecule is CCC(C)(NC(=O)Cc1csc(-c2cccc(Br)c2)n1)C(=O)OC. The number of methoxy groups -OCH3 is 1. The molecule has 5 nitrogen and oxygen atoms in total. The molecule has 1 N–H and O–H groups in total. The molecule has 0 radical (unpaired) electrons. The molecule has 128 valence electrons. The first-order chi connectivity index (χ1) is 11.4. The fourth-order valence-corrected chi connectivity index (χ4v) is 3.38. The van der Waals surface area contributed by atoms with Crippen LogP contribution in [0, 0.1) is 0 Å². The largest absolute Gasteiger partial charge is 0.467 e. The van der Waals surface area contributed by atoms with Crippen LogP contribution in [0.2, 0.25) is 0 Å². The molecule has 0 saturated heterocycles. The summed E-state index contributed by atoms with van der Waals surface area (Å²) in [7, 11) is 1.31. The van der Waals surface area contributed by atoms with E-state index in [1.165, 1.54) is 18.4 Å². The van der Waals surface area contributed by atoms with Crippen LogP contribution in [0.3, 0.4) is 0 Å². The Morgan fingerprint density at radius 2 is 2.17 bits per heavy atom. The molecule has 0 aliphatic heterocycles. The lowest BCUT2D eigenvalue weighted by Crippen LogP contribution is -2.52. The normalized spacial score (nSPS) is 13.2. The molecule has 1 amide bonds. The number of nitrogens with one attached hydrogen (secondary N) is 1. The molecular weight excluding hydrogens is 392 g/mol. The Hall–Kier alpha value is -1.73. The van der Waals surface area contributed by atoms with Gasteiger partial charge in [0.25, 0.3) is 0 Å². The van der Waals surface area contributed by atoms with Crippen molar-refractivity contribution in [1.29, 1.82) is 0 Å². The lowest BCUT2D eigenvalue weighted by atomic mass is 9.99. The van der Waals surface area contributed by atoms with E-state index in [-0.39, 0.29) is 12.3 Å². The summed E-state index contributed by atoms with van der Waals surface area (Å²) in [5.74, 6) is -0.706. The van der Waals surface area contributed by atoms with Crippen LogP contribution >= 0.6 is 27.3 Å². The van der Waals surface area contributed by atoms with Gasteiger partial charge in [-0.3, -0.25) is 4.79 Å². The van der Waals surface area contributed by atoms with Crippen molar-refractivity contribution in [3.05, 3.63) is 39.8 Å². The number of nitrogens with zero attached hydrogens (tertiary/aromatic N) is 1. The molecule has 0 bridgehead atoms. The van der Waals surface area contributed by atoms with E-state index in [1.54, 1.807) is 6.92 Å². The lowest BCUT2D eigenvalue weighted by molar-refractivity contribution is -0.150. The number of amides is 1. The summed E-state index contributed by atoms with van der Waals surface area (Å²) in [6, 6.07) is 7.84. The van der Waals surface area contributed by atoms with E-state index < -0.39 is 11.5 Å². The third kappa shape index (κ3) is 4.42. The van der Waals surface area contributed by atoms with Gasteiger partial charge in [-0.15, -0.1) is 11.3 Å². The Labute approximate surface area is 153 Å². The minimum Gasteiger partial charge on any atom is -0.467 e. The van der Waals surface area contributed by atoms with Crippen LogP contribution in [0.25, 0.3) is 10.6 Å². The average Bonchev–Trinajstić information content (AvgIpc) is 3.02. The lowest BCUT2D eigenvalue weighted by Gasteiger charge is -2.26. The fraction of sp³-hybridized carbons (Fsp3) is 0.353. The van der Waals surface area contributed by atoms with Crippen molar-refractivity contribution in [2.75, 3.05) is 7.11 Å². The predicted molar refractivity (Wildman–Crippen MR) is 97.8 cm³/mol. The van der Waals surface area contributed by atoms with Crippen LogP contribution in [0.1, 0.15) is 26.0 Å². The Balaban J connectivity index is 2.07. The first-order valence-corrected chi connectivity index (χ1v) is 9.15. The molecule has 0 saturated carbocycles. The second-order valence-corrected chi connectivity index (χ2v) is 7.33. The number of ether oxygens (including phenoxy) is 1. The van der Waals surface area contributed by atoms with Gasteiger partial charge >= 0.3 is 5.97 Å². The smallest absolute Gasteiger partial charge is 0.331 e. The standard InChI is InChI=1S/C17H19BrN2O3S/c1-4-17(2,16(22)23-3)20-14(21)9-13-10-24-15(19-13)11-6-5-7-12(18)8-11/h5-8,10H,4,9H2,1-3H3,(H,20,21). The minimum absolute atomic E-state index is 0.122. The second kappa shape index (κ2) is 7.90. The van der Waals surface area contributed by atoms with Gasteiger partial charge < -0.3 is 10.1 Å². The summed E-state index contributed by atoms with van der Waals surface area (Å²) in [5.41, 5.74) is 0.652. The van der Waals surface area contributed by atoms with E-state index in [1.807, 2.05) is 36.6 Å². The number of halogens is 1. The molecule has 1 unspecified atom stereocenters. The van der Waals surface area contributed by atoms with Gasteiger partial charge in [0.1, 0.15) is 10.5 Å². The van der Waals surface area contributed by atoms with E-state index in [9.17, 15) is 9.59 Å². The summed E-state index contributed by atoms with van der Waals surface area (Å²) in [6.45, 7) is 3.48.